The van der Waals surface area contributed by atoms with Crippen LogP contribution in [0.4, 0.5) is 0 Å². The van der Waals surface area contributed by atoms with Crippen LogP contribution in [-0.4, -0.2) is 30.7 Å². The average Bonchev–Trinajstić information content (AvgIpc) is 2.72. The first-order chi connectivity index (χ1) is 11.8. The predicted molar refractivity (Wildman–Crippen MR) is 88.7 cm³/mol. The van der Waals surface area contributed by atoms with Gasteiger partial charge in [0, 0.05) is 17.4 Å². The molecule has 0 aromatic carbocycles. The van der Waals surface area contributed by atoms with Crippen LogP contribution < -0.4 is 0 Å². The van der Waals surface area contributed by atoms with Crippen molar-refractivity contribution in [3.05, 3.63) is 39.7 Å². The fourth-order valence-corrected chi connectivity index (χ4v) is 1.34. The number of rotatable bonds is 4. The summed E-state index contributed by atoms with van der Waals surface area (Å²) in [5, 5.41) is 0. The van der Waals surface area contributed by atoms with Crippen LogP contribution in [0.1, 0.15) is 48.5 Å². The smallest absolute Gasteiger partial charge is 0 e. The van der Waals surface area contributed by atoms with E-state index in [0.29, 0.717) is 0 Å². The van der Waals surface area contributed by atoms with E-state index in [0.717, 1.165) is 0 Å². The minimum Gasteiger partial charge on any atom is 0 e. The molecule has 7 heteroatoms. The molecule has 0 spiro atoms. The van der Waals surface area contributed by atoms with E-state index >= 15 is 0 Å². The summed E-state index contributed by atoms with van der Waals surface area (Å²) in [7, 11) is 0. The summed E-state index contributed by atoms with van der Waals surface area (Å²) in [6, 6.07) is 0. The van der Waals surface area contributed by atoms with E-state index in [9.17, 15) is 0 Å². The van der Waals surface area contributed by atoms with Gasteiger partial charge in [-0.2, -0.15) is 0 Å². The maximum atomic E-state index is 7.50. The first-order valence-corrected chi connectivity index (χ1v) is 7.11. The van der Waals surface area contributed by atoms with Crippen LogP contribution in [0.25, 0.3) is 0 Å². The molecule has 0 aliphatic heterocycles. The Bertz CT molecular complexity index is 314. The largest absolute Gasteiger partial charge is 0 e. The minimum atomic E-state index is -0.0417. The topological polar surface area (TPSA) is 99.5 Å². The van der Waals surface area contributed by atoms with Crippen molar-refractivity contribution in [3.8, 4) is 5.92 Å². The SMILES string of the molecule is CC[N+](CC)(CC)CC.[C-]#CC(C)(C)C.[C-]#[O+].[C-]#[O+].[C-]#[O+].[C-]#[O+].[C-]#[O+].[Cr]. The number of nitrogens with zero attached hydrogens (tertiary/aromatic N) is 1. The molecule has 0 atom stereocenters. The van der Waals surface area contributed by atoms with Gasteiger partial charge in [-0.1, -0.05) is 20.8 Å². The summed E-state index contributed by atoms with van der Waals surface area (Å²) in [4.78, 5) is 0. The maximum Gasteiger partial charge on any atom is 0 e. The molecule has 0 fully saturated rings. The summed E-state index contributed by atoms with van der Waals surface area (Å²) in [5.41, 5.74) is -0.0417. The van der Waals surface area contributed by atoms with Crippen molar-refractivity contribution in [2.24, 2.45) is 5.41 Å². The summed E-state index contributed by atoms with van der Waals surface area (Å²) in [6.07, 6.45) is 6.60. The van der Waals surface area contributed by atoms with Crippen molar-refractivity contribution in [1.82, 2.24) is 0 Å². The fourth-order valence-electron chi connectivity index (χ4n) is 1.34. The van der Waals surface area contributed by atoms with Gasteiger partial charge in [-0.25, -0.2) is 0 Å². The second-order valence-corrected chi connectivity index (χ2v) is 4.98. The minimum absolute atomic E-state index is 0. The van der Waals surface area contributed by atoms with Gasteiger partial charge < -0.3 is 16.8 Å². The van der Waals surface area contributed by atoms with E-state index in [1.807, 2.05) is 20.8 Å². The van der Waals surface area contributed by atoms with Crippen molar-refractivity contribution in [2.75, 3.05) is 26.2 Å². The van der Waals surface area contributed by atoms with Crippen LogP contribution in [-0.2, 0) is 40.6 Å². The normalized spacial score (nSPS) is 6.92. The second-order valence-electron chi connectivity index (χ2n) is 4.98. The Morgan fingerprint density at radius 3 is 0.731 bits per heavy atom. The van der Waals surface area contributed by atoms with Crippen molar-refractivity contribution in [3.63, 3.8) is 0 Å². The molecule has 0 aliphatic rings. The zero-order valence-corrected chi connectivity index (χ0v) is 18.0. The van der Waals surface area contributed by atoms with Gasteiger partial charge in [-0.15, -0.1) is 0 Å². The van der Waals surface area contributed by atoms with Crippen LogP contribution in [0.15, 0.2) is 0 Å². The van der Waals surface area contributed by atoms with Gasteiger partial charge in [0.1, 0.15) is 0 Å². The van der Waals surface area contributed by atoms with Crippen LogP contribution in [0.3, 0.4) is 0 Å². The molecule has 0 N–H and O–H groups in total. The van der Waals surface area contributed by atoms with Crippen LogP contribution >= 0.6 is 0 Å². The maximum absolute atomic E-state index is 7.50. The number of hydrogen-bond acceptors (Lipinski definition) is 0. The molecule has 0 aromatic heterocycles. The summed E-state index contributed by atoms with van der Waals surface area (Å²) < 4.78 is 38.8. The quantitative estimate of drug-likeness (QED) is 0.298. The van der Waals surface area contributed by atoms with Gasteiger partial charge in [0.25, 0.3) is 0 Å². The zero-order chi connectivity index (χ0) is 22.5. The molecule has 0 heterocycles. The molecule has 26 heavy (non-hydrogen) atoms. The monoisotopic (exact) mass is 403 g/mol. The Hall–Kier alpha value is -1.25. The Labute approximate surface area is 171 Å². The Kier molecular flexibility index (Phi) is 94.8. The van der Waals surface area contributed by atoms with Gasteiger partial charge in [0.2, 0.25) is 0 Å². The Balaban J connectivity index is -0.0000000279. The van der Waals surface area contributed by atoms with E-state index in [4.69, 9.17) is 29.7 Å². The summed E-state index contributed by atoms with van der Waals surface area (Å²) in [5.74, 6) is 2.35. The molecule has 0 aliphatic carbocycles. The summed E-state index contributed by atoms with van der Waals surface area (Å²) in [6.45, 7) is 42.6. The number of hydrogen-bond donors (Lipinski definition) is 0. The van der Waals surface area contributed by atoms with E-state index in [1.165, 1.54) is 30.7 Å². The van der Waals surface area contributed by atoms with Crippen molar-refractivity contribution in [2.45, 2.75) is 48.5 Å². The van der Waals surface area contributed by atoms with Crippen LogP contribution in [0.5, 0.6) is 0 Å². The molecule has 0 radical (unpaired) electrons. The molecule has 0 bridgehead atoms. The van der Waals surface area contributed by atoms with Gasteiger partial charge in [0.15, 0.2) is 0 Å². The molecule has 0 rings (SSSR count). The average molecular weight is 403 g/mol. The van der Waals surface area contributed by atoms with E-state index in [-0.39, 0.29) is 22.8 Å². The first-order valence-electron chi connectivity index (χ1n) is 7.11. The molecule has 0 amide bonds. The number of quaternary nitrogens is 1. The van der Waals surface area contributed by atoms with Gasteiger partial charge >= 0.3 is 56.5 Å². The first kappa shape index (κ1) is 49.8. The molecule has 0 aromatic rings. The molecule has 0 saturated heterocycles. The standard InChI is InChI=1S/C8H20N.C6H9.5CO.Cr/c1-5-9(6-2,7-3)8-4;1-5-6(2,3)4;5*1-2;/h5-8H2,1-4H3;2-4H3;;;;;;/q+1;-1;;;;;;. The van der Waals surface area contributed by atoms with E-state index < -0.39 is 0 Å². The summed E-state index contributed by atoms with van der Waals surface area (Å²) >= 11 is 0. The van der Waals surface area contributed by atoms with Crippen LogP contribution in [0, 0.1) is 51.0 Å². The van der Waals surface area contributed by atoms with Crippen LogP contribution in [0.2, 0.25) is 0 Å². The second kappa shape index (κ2) is 49.6. The third-order valence-corrected chi connectivity index (χ3v) is 3.06. The molecule has 6 nitrogen and oxygen atoms in total. The van der Waals surface area contributed by atoms with Gasteiger partial charge in [-0.05, 0) is 33.1 Å². The molecule has 0 unspecified atom stereocenters. The Morgan fingerprint density at radius 2 is 0.731 bits per heavy atom. The predicted octanol–water partition coefficient (Wildman–Crippen LogP) is 3.32. The molecular formula is C19H29CrNO5. The molecular weight excluding hydrogens is 374 g/mol. The van der Waals surface area contributed by atoms with Crippen molar-refractivity contribution >= 4 is 0 Å². The fraction of sp³-hybridized carbons (Fsp3) is 0.632. The Morgan fingerprint density at radius 1 is 0.615 bits per heavy atom. The van der Waals surface area contributed by atoms with Gasteiger partial charge in [0.05, 0.1) is 26.2 Å². The third kappa shape index (κ3) is 56.9. The van der Waals surface area contributed by atoms with Crippen molar-refractivity contribution < 1.29 is 45.1 Å². The zero-order valence-electron chi connectivity index (χ0n) is 16.7. The molecule has 0 saturated carbocycles. The van der Waals surface area contributed by atoms with Crippen molar-refractivity contribution in [1.29, 1.82) is 0 Å². The van der Waals surface area contributed by atoms with E-state index in [1.54, 1.807) is 0 Å². The molecule has 146 valence electrons. The third-order valence-electron chi connectivity index (χ3n) is 3.06. The van der Waals surface area contributed by atoms with Gasteiger partial charge in [-0.3, -0.25) is 0 Å². The van der Waals surface area contributed by atoms with E-state index in [2.05, 4.69) is 66.9 Å².